The molecule has 1 aliphatic heterocycles. The molecule has 2 atom stereocenters. The van der Waals surface area contributed by atoms with Crippen LogP contribution in [0.3, 0.4) is 0 Å². The monoisotopic (exact) mass is 344 g/mol. The summed E-state index contributed by atoms with van der Waals surface area (Å²) in [5.74, 6) is -0.478. The number of ketones is 1. The number of nitrogens with zero attached hydrogens (tertiary/aromatic N) is 1. The number of amides is 2. The molecule has 1 fully saturated rings. The van der Waals surface area contributed by atoms with E-state index in [0.29, 0.717) is 12.8 Å². The minimum Gasteiger partial charge on any atom is -0.349 e. The molecule has 1 aromatic rings. The second-order valence-electron chi connectivity index (χ2n) is 7.90. The Morgan fingerprint density at radius 3 is 2.36 bits per heavy atom. The molecule has 0 radical (unpaired) electrons. The number of likely N-dealkylation sites (tertiary alicyclic amines) is 1. The molecule has 1 heterocycles. The zero-order chi connectivity index (χ0) is 18.8. The van der Waals surface area contributed by atoms with Crippen LogP contribution in [0, 0.1) is 18.3 Å². The van der Waals surface area contributed by atoms with Crippen LogP contribution < -0.4 is 5.32 Å². The van der Waals surface area contributed by atoms with Gasteiger partial charge >= 0.3 is 0 Å². The van der Waals surface area contributed by atoms with E-state index in [1.807, 2.05) is 52.0 Å². The Morgan fingerprint density at radius 1 is 1.20 bits per heavy atom. The predicted molar refractivity (Wildman–Crippen MR) is 96.9 cm³/mol. The number of rotatable bonds is 4. The third-order valence-corrected chi connectivity index (χ3v) is 4.88. The van der Waals surface area contributed by atoms with Crippen LogP contribution >= 0.6 is 0 Å². The average molecular weight is 344 g/mol. The smallest absolute Gasteiger partial charge is 0.225 e. The van der Waals surface area contributed by atoms with Crippen molar-refractivity contribution >= 4 is 17.6 Å². The predicted octanol–water partition coefficient (Wildman–Crippen LogP) is 2.64. The SMILES string of the molecule is Cc1ccc(C2C(C(=O)NCC(=O)C(C)(C)C)CCC(=O)N2C)cc1. The third-order valence-electron chi connectivity index (χ3n) is 4.88. The van der Waals surface area contributed by atoms with E-state index in [1.165, 1.54) is 0 Å². The summed E-state index contributed by atoms with van der Waals surface area (Å²) >= 11 is 0. The number of carbonyl (C=O) groups is 3. The molecule has 1 N–H and O–H groups in total. The normalized spacial score (nSPS) is 21.2. The Morgan fingerprint density at radius 2 is 1.80 bits per heavy atom. The van der Waals surface area contributed by atoms with Crippen molar-refractivity contribution in [3.05, 3.63) is 35.4 Å². The first kappa shape index (κ1) is 19.2. The summed E-state index contributed by atoms with van der Waals surface area (Å²) < 4.78 is 0. The highest BCUT2D eigenvalue weighted by molar-refractivity contribution is 5.91. The van der Waals surface area contributed by atoms with Crippen LogP contribution in [0.1, 0.15) is 50.8 Å². The fraction of sp³-hybridized carbons (Fsp3) is 0.550. The molecular formula is C20H28N2O3. The Kier molecular flexibility index (Phi) is 5.65. The van der Waals surface area contributed by atoms with Gasteiger partial charge in [0, 0.05) is 18.9 Å². The maximum atomic E-state index is 12.7. The third kappa shape index (κ3) is 4.47. The lowest BCUT2D eigenvalue weighted by Crippen LogP contribution is -2.47. The van der Waals surface area contributed by atoms with Gasteiger partial charge in [0.1, 0.15) is 0 Å². The first-order valence-corrected chi connectivity index (χ1v) is 8.74. The van der Waals surface area contributed by atoms with E-state index in [4.69, 9.17) is 0 Å². The fourth-order valence-electron chi connectivity index (χ4n) is 3.10. The molecule has 0 aromatic heterocycles. The number of hydrogen-bond acceptors (Lipinski definition) is 3. The van der Waals surface area contributed by atoms with Crippen molar-refractivity contribution in [2.45, 2.75) is 46.6 Å². The van der Waals surface area contributed by atoms with Gasteiger partial charge in [-0.05, 0) is 18.9 Å². The number of Topliss-reactive ketones (excluding diaryl/α,β-unsaturated/α-hetero) is 1. The number of benzene rings is 1. The highest BCUT2D eigenvalue weighted by atomic mass is 16.2. The fourth-order valence-corrected chi connectivity index (χ4v) is 3.10. The van der Waals surface area contributed by atoms with Crippen molar-refractivity contribution in [1.29, 1.82) is 0 Å². The summed E-state index contributed by atoms with van der Waals surface area (Å²) in [7, 11) is 1.74. The Bertz CT molecular complexity index is 659. The van der Waals surface area contributed by atoms with E-state index in [0.717, 1.165) is 11.1 Å². The zero-order valence-corrected chi connectivity index (χ0v) is 15.8. The average Bonchev–Trinajstić information content (AvgIpc) is 2.54. The quantitative estimate of drug-likeness (QED) is 0.913. The van der Waals surface area contributed by atoms with E-state index in [-0.39, 0.29) is 36.1 Å². The van der Waals surface area contributed by atoms with Crippen LogP contribution in [0.2, 0.25) is 0 Å². The molecule has 0 spiro atoms. The van der Waals surface area contributed by atoms with Crippen LogP contribution in [-0.4, -0.2) is 36.1 Å². The molecule has 0 bridgehead atoms. The number of hydrogen-bond donors (Lipinski definition) is 1. The highest BCUT2D eigenvalue weighted by Gasteiger charge is 2.39. The molecular weight excluding hydrogens is 316 g/mol. The van der Waals surface area contributed by atoms with Crippen molar-refractivity contribution < 1.29 is 14.4 Å². The van der Waals surface area contributed by atoms with Crippen LogP contribution in [0.5, 0.6) is 0 Å². The number of aryl methyl sites for hydroxylation is 1. The van der Waals surface area contributed by atoms with Gasteiger partial charge in [0.25, 0.3) is 0 Å². The zero-order valence-electron chi connectivity index (χ0n) is 15.8. The largest absolute Gasteiger partial charge is 0.349 e. The summed E-state index contributed by atoms with van der Waals surface area (Å²) in [5.41, 5.74) is 1.59. The lowest BCUT2D eigenvalue weighted by atomic mass is 9.83. The number of nitrogens with one attached hydrogen (secondary N) is 1. The molecule has 25 heavy (non-hydrogen) atoms. The standard InChI is InChI=1S/C20H28N2O3/c1-13-6-8-14(9-7-13)18-15(10-11-17(24)22(18)5)19(25)21-12-16(23)20(2,3)4/h6-9,15,18H,10-12H2,1-5H3,(H,21,25). The van der Waals surface area contributed by atoms with Crippen molar-refractivity contribution in [3.63, 3.8) is 0 Å². The molecule has 136 valence electrons. The van der Waals surface area contributed by atoms with E-state index in [1.54, 1.807) is 11.9 Å². The molecule has 1 aromatic carbocycles. The summed E-state index contributed by atoms with van der Waals surface area (Å²) in [5, 5.41) is 2.78. The Balaban J connectivity index is 2.18. The first-order valence-electron chi connectivity index (χ1n) is 8.74. The van der Waals surface area contributed by atoms with E-state index in [2.05, 4.69) is 5.32 Å². The van der Waals surface area contributed by atoms with Gasteiger partial charge in [-0.25, -0.2) is 0 Å². The van der Waals surface area contributed by atoms with Crippen molar-refractivity contribution in [3.8, 4) is 0 Å². The Labute approximate surface area is 149 Å². The molecule has 2 amide bonds. The van der Waals surface area contributed by atoms with Crippen LogP contribution in [0.25, 0.3) is 0 Å². The minimum atomic E-state index is -0.483. The van der Waals surface area contributed by atoms with Gasteiger partial charge in [-0.1, -0.05) is 50.6 Å². The number of piperidine rings is 1. The molecule has 2 rings (SSSR count). The van der Waals surface area contributed by atoms with Gasteiger partial charge in [0.05, 0.1) is 18.5 Å². The van der Waals surface area contributed by atoms with Crippen molar-refractivity contribution in [2.24, 2.45) is 11.3 Å². The summed E-state index contributed by atoms with van der Waals surface area (Å²) in [6, 6.07) is 7.61. The van der Waals surface area contributed by atoms with Gasteiger partial charge in [-0.2, -0.15) is 0 Å². The number of carbonyl (C=O) groups excluding carboxylic acids is 3. The van der Waals surface area contributed by atoms with Crippen LogP contribution in [0.15, 0.2) is 24.3 Å². The maximum Gasteiger partial charge on any atom is 0.225 e. The lowest BCUT2D eigenvalue weighted by Gasteiger charge is -2.38. The summed E-state index contributed by atoms with van der Waals surface area (Å²) in [6.45, 7) is 7.54. The van der Waals surface area contributed by atoms with Gasteiger partial charge in [-0.15, -0.1) is 0 Å². The van der Waals surface area contributed by atoms with Gasteiger partial charge in [0.2, 0.25) is 11.8 Å². The highest BCUT2D eigenvalue weighted by Crippen LogP contribution is 2.36. The van der Waals surface area contributed by atoms with E-state index in [9.17, 15) is 14.4 Å². The second kappa shape index (κ2) is 7.38. The van der Waals surface area contributed by atoms with Crippen molar-refractivity contribution in [1.82, 2.24) is 10.2 Å². The van der Waals surface area contributed by atoms with E-state index < -0.39 is 5.41 Å². The molecule has 5 nitrogen and oxygen atoms in total. The van der Waals surface area contributed by atoms with Crippen LogP contribution in [-0.2, 0) is 14.4 Å². The van der Waals surface area contributed by atoms with Gasteiger partial charge in [0.15, 0.2) is 5.78 Å². The molecule has 1 aliphatic rings. The summed E-state index contributed by atoms with van der Waals surface area (Å²) in [6.07, 6.45) is 0.849. The minimum absolute atomic E-state index is 0.00650. The molecule has 2 unspecified atom stereocenters. The molecule has 5 heteroatoms. The Hall–Kier alpha value is -2.17. The van der Waals surface area contributed by atoms with Gasteiger partial charge < -0.3 is 10.2 Å². The topological polar surface area (TPSA) is 66.5 Å². The maximum absolute atomic E-state index is 12.7. The van der Waals surface area contributed by atoms with Crippen LogP contribution in [0.4, 0.5) is 0 Å². The van der Waals surface area contributed by atoms with Crippen molar-refractivity contribution in [2.75, 3.05) is 13.6 Å². The molecule has 1 saturated heterocycles. The molecule has 0 aliphatic carbocycles. The molecule has 0 saturated carbocycles. The summed E-state index contributed by atoms with van der Waals surface area (Å²) in [4.78, 5) is 38.6. The van der Waals surface area contributed by atoms with E-state index >= 15 is 0 Å². The lowest BCUT2D eigenvalue weighted by molar-refractivity contribution is -0.142. The first-order chi connectivity index (χ1) is 11.6. The van der Waals surface area contributed by atoms with Gasteiger partial charge in [-0.3, -0.25) is 14.4 Å². The second-order valence-corrected chi connectivity index (χ2v) is 7.90.